The van der Waals surface area contributed by atoms with Gasteiger partial charge in [0, 0.05) is 31.7 Å². The number of benzene rings is 2. The van der Waals surface area contributed by atoms with Crippen LogP contribution in [-0.2, 0) is 4.79 Å². The van der Waals surface area contributed by atoms with E-state index in [-0.39, 0.29) is 18.4 Å². The van der Waals surface area contributed by atoms with Crippen LogP contribution in [-0.4, -0.2) is 68.1 Å². The second-order valence-corrected chi connectivity index (χ2v) is 7.47. The Morgan fingerprint density at radius 2 is 1.87 bits per heavy atom. The van der Waals surface area contributed by atoms with Crippen LogP contribution < -0.4 is 14.8 Å². The molecule has 8 heteroatoms. The molecular formula is C23H26ClN3O4. The van der Waals surface area contributed by atoms with Crippen molar-refractivity contribution < 1.29 is 19.1 Å². The Hall–Kier alpha value is -3.03. The van der Waals surface area contributed by atoms with Gasteiger partial charge < -0.3 is 19.7 Å². The summed E-state index contributed by atoms with van der Waals surface area (Å²) in [6.07, 6.45) is 1.65. The average molecular weight is 444 g/mol. The number of ether oxygens (including phenoxy) is 2. The van der Waals surface area contributed by atoms with Crippen LogP contribution in [0.25, 0.3) is 0 Å². The van der Waals surface area contributed by atoms with Gasteiger partial charge in [-0.15, -0.1) is 0 Å². The van der Waals surface area contributed by atoms with E-state index < -0.39 is 0 Å². The summed E-state index contributed by atoms with van der Waals surface area (Å²) in [4.78, 5) is 29.0. The van der Waals surface area contributed by atoms with E-state index in [1.54, 1.807) is 41.3 Å². The van der Waals surface area contributed by atoms with Gasteiger partial charge >= 0.3 is 0 Å². The maximum absolute atomic E-state index is 12.9. The molecule has 0 atom stereocenters. The Labute approximate surface area is 187 Å². The van der Waals surface area contributed by atoms with E-state index in [0.717, 1.165) is 0 Å². The van der Waals surface area contributed by atoms with Gasteiger partial charge in [-0.25, -0.2) is 0 Å². The van der Waals surface area contributed by atoms with E-state index >= 15 is 0 Å². The van der Waals surface area contributed by atoms with Gasteiger partial charge in [-0.1, -0.05) is 36.4 Å². The third kappa shape index (κ3) is 5.99. The summed E-state index contributed by atoms with van der Waals surface area (Å²) in [5, 5.41) is 3.33. The minimum atomic E-state index is -0.132. The van der Waals surface area contributed by atoms with Gasteiger partial charge in [0.2, 0.25) is 5.91 Å². The molecule has 7 nitrogen and oxygen atoms in total. The van der Waals surface area contributed by atoms with Crippen LogP contribution in [0.3, 0.4) is 0 Å². The molecule has 1 fully saturated rings. The number of methoxy groups -OCH3 is 1. The molecule has 3 rings (SSSR count). The molecule has 0 aliphatic carbocycles. The van der Waals surface area contributed by atoms with Crippen molar-refractivity contribution in [2.75, 3.05) is 51.8 Å². The summed E-state index contributed by atoms with van der Waals surface area (Å²) in [6.45, 7) is 6.52. The predicted octanol–water partition coefficient (Wildman–Crippen LogP) is 3.31. The predicted molar refractivity (Wildman–Crippen MR) is 121 cm³/mol. The third-order valence-electron chi connectivity index (χ3n) is 4.94. The minimum absolute atomic E-state index is 0.0752. The second-order valence-electron chi connectivity index (χ2n) is 7.06. The van der Waals surface area contributed by atoms with Crippen molar-refractivity contribution in [2.24, 2.45) is 0 Å². The highest BCUT2D eigenvalue weighted by Gasteiger charge is 2.24. The molecule has 2 aromatic carbocycles. The normalized spacial score (nSPS) is 14.1. The standard InChI is InChI=1S/C23H26ClN3O4/c1-3-14-31-20-9-8-17(15-21(20)30-2)23(29)27-12-10-26(11-13-27)16-22(28)25-19-7-5-4-6-18(19)24/h3-9,15H,1,10-14,16H2,2H3,(H,25,28). The Bertz CT molecular complexity index is 942. The van der Waals surface area contributed by atoms with E-state index in [1.165, 1.54) is 7.11 Å². The van der Waals surface area contributed by atoms with Crippen molar-refractivity contribution in [3.05, 3.63) is 65.7 Å². The van der Waals surface area contributed by atoms with Crippen molar-refractivity contribution >= 4 is 29.1 Å². The van der Waals surface area contributed by atoms with Crippen LogP contribution in [0.1, 0.15) is 10.4 Å². The summed E-state index contributed by atoms with van der Waals surface area (Å²) < 4.78 is 10.9. The van der Waals surface area contributed by atoms with Crippen LogP contribution in [0.4, 0.5) is 5.69 Å². The molecule has 1 saturated heterocycles. The van der Waals surface area contributed by atoms with E-state index in [1.807, 2.05) is 17.0 Å². The zero-order chi connectivity index (χ0) is 22.2. The zero-order valence-electron chi connectivity index (χ0n) is 17.5. The van der Waals surface area contributed by atoms with Gasteiger partial charge in [0.05, 0.1) is 24.4 Å². The first-order valence-corrected chi connectivity index (χ1v) is 10.4. The number of halogens is 1. The lowest BCUT2D eigenvalue weighted by Crippen LogP contribution is -2.50. The summed E-state index contributed by atoms with van der Waals surface area (Å²) in [5.74, 6) is 0.859. The van der Waals surface area contributed by atoms with Gasteiger partial charge in [-0.05, 0) is 30.3 Å². The molecule has 1 aliphatic heterocycles. The van der Waals surface area contributed by atoms with Crippen LogP contribution in [0, 0.1) is 0 Å². The summed E-state index contributed by atoms with van der Waals surface area (Å²) in [5.41, 5.74) is 1.13. The smallest absolute Gasteiger partial charge is 0.254 e. The maximum atomic E-state index is 12.9. The first-order chi connectivity index (χ1) is 15.0. The maximum Gasteiger partial charge on any atom is 0.254 e. The Kier molecular flexibility index (Phi) is 7.92. The Morgan fingerprint density at radius 1 is 1.13 bits per heavy atom. The number of nitrogens with one attached hydrogen (secondary N) is 1. The SMILES string of the molecule is C=CCOc1ccc(C(=O)N2CCN(CC(=O)Nc3ccccc3Cl)CC2)cc1OC. The number of hydrogen-bond acceptors (Lipinski definition) is 5. The van der Waals surface area contributed by atoms with Crippen molar-refractivity contribution in [1.29, 1.82) is 0 Å². The Balaban J connectivity index is 1.53. The number of carbonyl (C=O) groups excluding carboxylic acids is 2. The Morgan fingerprint density at radius 3 is 2.55 bits per heavy atom. The van der Waals surface area contributed by atoms with Crippen molar-refractivity contribution in [3.8, 4) is 11.5 Å². The molecule has 0 saturated carbocycles. The molecule has 0 radical (unpaired) electrons. The first kappa shape index (κ1) is 22.7. The molecule has 1 heterocycles. The van der Waals surface area contributed by atoms with Gasteiger partial charge in [-0.3, -0.25) is 14.5 Å². The number of rotatable bonds is 8. The van der Waals surface area contributed by atoms with Crippen molar-refractivity contribution in [3.63, 3.8) is 0 Å². The molecule has 2 aromatic rings. The van der Waals surface area contributed by atoms with E-state index in [2.05, 4.69) is 11.9 Å². The van der Waals surface area contributed by atoms with Crippen LogP contribution in [0.15, 0.2) is 55.1 Å². The van der Waals surface area contributed by atoms with Gasteiger partial charge in [0.15, 0.2) is 11.5 Å². The first-order valence-electron chi connectivity index (χ1n) is 9.99. The molecule has 164 valence electrons. The van der Waals surface area contributed by atoms with Crippen LogP contribution in [0.2, 0.25) is 5.02 Å². The van der Waals surface area contributed by atoms with E-state index in [4.69, 9.17) is 21.1 Å². The minimum Gasteiger partial charge on any atom is -0.493 e. The monoisotopic (exact) mass is 443 g/mol. The second kappa shape index (κ2) is 10.8. The number of carbonyl (C=O) groups is 2. The molecule has 1 N–H and O–H groups in total. The largest absolute Gasteiger partial charge is 0.493 e. The fraction of sp³-hybridized carbons (Fsp3) is 0.304. The zero-order valence-corrected chi connectivity index (χ0v) is 18.2. The summed E-state index contributed by atoms with van der Waals surface area (Å²) in [6, 6.07) is 12.3. The molecule has 0 spiro atoms. The highest BCUT2D eigenvalue weighted by atomic mass is 35.5. The third-order valence-corrected chi connectivity index (χ3v) is 5.27. The average Bonchev–Trinajstić information content (AvgIpc) is 2.79. The van der Waals surface area contributed by atoms with Crippen LogP contribution >= 0.6 is 11.6 Å². The number of para-hydroxylation sites is 1. The number of anilines is 1. The fourth-order valence-electron chi connectivity index (χ4n) is 3.32. The summed E-state index contributed by atoms with van der Waals surface area (Å²) >= 11 is 6.09. The lowest BCUT2D eigenvalue weighted by molar-refractivity contribution is -0.117. The summed E-state index contributed by atoms with van der Waals surface area (Å²) in [7, 11) is 1.54. The lowest BCUT2D eigenvalue weighted by atomic mass is 10.1. The molecular weight excluding hydrogens is 418 g/mol. The quantitative estimate of drug-likeness (QED) is 0.634. The highest BCUT2D eigenvalue weighted by molar-refractivity contribution is 6.33. The van der Waals surface area contributed by atoms with Gasteiger partial charge in [-0.2, -0.15) is 0 Å². The van der Waals surface area contributed by atoms with Gasteiger partial charge in [0.25, 0.3) is 5.91 Å². The molecule has 2 amide bonds. The topological polar surface area (TPSA) is 71.1 Å². The van der Waals surface area contributed by atoms with Crippen molar-refractivity contribution in [2.45, 2.75) is 0 Å². The number of hydrogen-bond donors (Lipinski definition) is 1. The molecule has 0 aromatic heterocycles. The molecule has 0 bridgehead atoms. The number of amides is 2. The highest BCUT2D eigenvalue weighted by Crippen LogP contribution is 2.28. The van der Waals surface area contributed by atoms with Crippen LogP contribution in [0.5, 0.6) is 11.5 Å². The molecule has 0 unspecified atom stereocenters. The molecule has 31 heavy (non-hydrogen) atoms. The number of nitrogens with zero attached hydrogens (tertiary/aromatic N) is 2. The molecule has 1 aliphatic rings. The van der Waals surface area contributed by atoms with E-state index in [9.17, 15) is 9.59 Å². The van der Waals surface area contributed by atoms with Crippen molar-refractivity contribution in [1.82, 2.24) is 9.80 Å². The van der Waals surface area contributed by atoms with Gasteiger partial charge in [0.1, 0.15) is 6.61 Å². The number of piperazine rings is 1. The lowest BCUT2D eigenvalue weighted by Gasteiger charge is -2.34. The van der Waals surface area contributed by atoms with E-state index in [0.29, 0.717) is 60.6 Å². The fourth-order valence-corrected chi connectivity index (χ4v) is 3.50.